The highest BCUT2D eigenvalue weighted by Crippen LogP contribution is 2.26. The van der Waals surface area contributed by atoms with Crippen molar-refractivity contribution in [3.63, 3.8) is 0 Å². The van der Waals surface area contributed by atoms with E-state index in [0.29, 0.717) is 23.6 Å². The molecule has 11 nitrogen and oxygen atoms in total. The van der Waals surface area contributed by atoms with Crippen molar-refractivity contribution in [2.24, 2.45) is 5.10 Å². The monoisotopic (exact) mass is 494 g/mol. The number of anilines is 1. The highest BCUT2D eigenvalue weighted by Gasteiger charge is 2.25. The number of aryl methyl sites for hydroxylation is 1. The summed E-state index contributed by atoms with van der Waals surface area (Å²) in [6.07, 6.45) is 1.52. The molecule has 184 valence electrons. The molecule has 0 aliphatic rings. The molecule has 3 N–H and O–H groups in total. The predicted molar refractivity (Wildman–Crippen MR) is 136 cm³/mol. The highest BCUT2D eigenvalue weighted by atomic mass is 16.6. The van der Waals surface area contributed by atoms with E-state index < -0.39 is 5.91 Å². The summed E-state index contributed by atoms with van der Waals surface area (Å²) in [5.74, 6) is 0.252. The van der Waals surface area contributed by atoms with Crippen LogP contribution in [0.5, 0.6) is 5.75 Å². The first kappa shape index (κ1) is 23.4. The van der Waals surface area contributed by atoms with E-state index in [-0.39, 0.29) is 17.3 Å². The average molecular weight is 495 g/mol. The van der Waals surface area contributed by atoms with Crippen LogP contribution in [0.25, 0.3) is 17.1 Å². The van der Waals surface area contributed by atoms with Gasteiger partial charge in [0, 0.05) is 5.56 Å². The Kier molecular flexibility index (Phi) is 6.66. The number of hydrogen-bond acceptors (Lipinski definition) is 9. The van der Waals surface area contributed by atoms with Crippen LogP contribution in [-0.4, -0.2) is 37.4 Å². The summed E-state index contributed by atoms with van der Waals surface area (Å²) in [6, 6.07) is 24.8. The minimum atomic E-state index is -0.565. The fourth-order valence-corrected chi connectivity index (χ4v) is 3.54. The Labute approximate surface area is 211 Å². The van der Waals surface area contributed by atoms with Gasteiger partial charge in [0.1, 0.15) is 18.1 Å². The number of nitrogens with one attached hydrogen (secondary N) is 1. The smallest absolute Gasteiger partial charge is 0.294 e. The number of hydrogen-bond donors (Lipinski definition) is 2. The molecule has 0 aliphatic carbocycles. The van der Waals surface area contributed by atoms with Crippen LogP contribution in [0.4, 0.5) is 5.82 Å². The molecule has 0 atom stereocenters. The van der Waals surface area contributed by atoms with Gasteiger partial charge in [-0.3, -0.25) is 4.79 Å². The predicted octanol–water partition coefficient (Wildman–Crippen LogP) is 3.55. The maximum absolute atomic E-state index is 13.0. The van der Waals surface area contributed by atoms with Crippen molar-refractivity contribution in [1.29, 1.82) is 0 Å². The number of benzene rings is 3. The van der Waals surface area contributed by atoms with Gasteiger partial charge in [0.2, 0.25) is 11.6 Å². The first-order valence-electron chi connectivity index (χ1n) is 11.3. The van der Waals surface area contributed by atoms with Crippen LogP contribution in [-0.2, 0) is 6.61 Å². The standard InChI is InChI=1S/C26H22N8O3/c1-17-10-12-20(13-11-17)23-22(29-33-34(23)25-24(27)31-37-32-25)26(35)30-28-15-19-8-5-9-21(14-19)36-16-18-6-3-2-4-7-18/h2-15H,16H2,1H3,(H2,27,31)(H,30,35)/b28-15-. The molecule has 5 rings (SSSR count). The van der Waals surface area contributed by atoms with Crippen LogP contribution >= 0.6 is 0 Å². The number of rotatable bonds is 8. The summed E-state index contributed by atoms with van der Waals surface area (Å²) in [5.41, 5.74) is 12.3. The van der Waals surface area contributed by atoms with Crippen molar-refractivity contribution >= 4 is 17.9 Å². The Morgan fingerprint density at radius 3 is 2.65 bits per heavy atom. The third kappa shape index (κ3) is 5.35. The molecule has 2 heterocycles. The maximum Gasteiger partial charge on any atom is 0.294 e. The van der Waals surface area contributed by atoms with Crippen molar-refractivity contribution in [2.45, 2.75) is 13.5 Å². The van der Waals surface area contributed by atoms with Crippen LogP contribution in [0.3, 0.4) is 0 Å². The first-order chi connectivity index (χ1) is 18.1. The van der Waals surface area contributed by atoms with E-state index in [1.165, 1.54) is 10.9 Å². The molecule has 1 amide bonds. The minimum absolute atomic E-state index is 0.0117. The first-order valence-corrected chi connectivity index (χ1v) is 11.3. The van der Waals surface area contributed by atoms with Crippen molar-refractivity contribution in [3.8, 4) is 22.8 Å². The van der Waals surface area contributed by atoms with Gasteiger partial charge in [-0.25, -0.2) is 10.1 Å². The highest BCUT2D eigenvalue weighted by molar-refractivity contribution is 5.98. The second kappa shape index (κ2) is 10.5. The SMILES string of the molecule is Cc1ccc(-c2c(C(=O)N/N=C\c3cccc(OCc4ccccc4)c3)nnn2-c2nonc2N)cc1. The molecule has 0 unspecified atom stereocenters. The molecule has 2 aromatic heterocycles. The number of nitrogen functional groups attached to an aromatic ring is 1. The molecule has 0 fully saturated rings. The van der Waals surface area contributed by atoms with Crippen LogP contribution in [0, 0.1) is 6.92 Å². The van der Waals surface area contributed by atoms with Gasteiger partial charge in [0.25, 0.3) is 5.91 Å². The van der Waals surface area contributed by atoms with Crippen LogP contribution in [0.1, 0.15) is 27.2 Å². The number of carbonyl (C=O) groups is 1. The van der Waals surface area contributed by atoms with Crippen molar-refractivity contribution in [3.05, 3.63) is 101 Å². The summed E-state index contributed by atoms with van der Waals surface area (Å²) in [6.45, 7) is 2.41. The Morgan fingerprint density at radius 2 is 1.89 bits per heavy atom. The van der Waals surface area contributed by atoms with E-state index in [0.717, 1.165) is 16.7 Å². The third-order valence-corrected chi connectivity index (χ3v) is 5.39. The van der Waals surface area contributed by atoms with Gasteiger partial charge in [-0.15, -0.1) is 5.10 Å². The zero-order valence-corrected chi connectivity index (χ0v) is 19.8. The Bertz CT molecular complexity index is 1540. The van der Waals surface area contributed by atoms with E-state index in [1.54, 1.807) is 0 Å². The Morgan fingerprint density at radius 1 is 1.08 bits per heavy atom. The van der Waals surface area contributed by atoms with Crippen molar-refractivity contribution in [2.75, 3.05) is 5.73 Å². The molecule has 0 bridgehead atoms. The Hall–Kier alpha value is -5.32. The molecule has 37 heavy (non-hydrogen) atoms. The summed E-state index contributed by atoms with van der Waals surface area (Å²) < 4.78 is 11.9. The zero-order chi connectivity index (χ0) is 25.6. The Balaban J connectivity index is 1.34. The molecule has 3 aromatic carbocycles. The summed E-state index contributed by atoms with van der Waals surface area (Å²) in [5, 5.41) is 19.6. The fourth-order valence-electron chi connectivity index (χ4n) is 3.54. The van der Waals surface area contributed by atoms with E-state index in [4.69, 9.17) is 15.1 Å². The average Bonchev–Trinajstić information content (AvgIpc) is 3.55. The topological polar surface area (TPSA) is 146 Å². The largest absolute Gasteiger partial charge is 0.489 e. The summed E-state index contributed by atoms with van der Waals surface area (Å²) in [4.78, 5) is 13.0. The van der Waals surface area contributed by atoms with Gasteiger partial charge < -0.3 is 10.5 Å². The quantitative estimate of drug-likeness (QED) is 0.246. The maximum atomic E-state index is 13.0. The van der Waals surface area contributed by atoms with E-state index in [1.807, 2.05) is 85.8 Å². The molecule has 11 heteroatoms. The molecule has 0 radical (unpaired) electrons. The third-order valence-electron chi connectivity index (χ3n) is 5.39. The molecule has 0 saturated heterocycles. The lowest BCUT2D eigenvalue weighted by molar-refractivity contribution is 0.0950. The lowest BCUT2D eigenvalue weighted by Crippen LogP contribution is -2.19. The number of carbonyl (C=O) groups excluding carboxylic acids is 1. The second-order valence-electron chi connectivity index (χ2n) is 8.08. The molecule has 0 saturated carbocycles. The normalized spacial score (nSPS) is 11.1. The summed E-state index contributed by atoms with van der Waals surface area (Å²) >= 11 is 0. The lowest BCUT2D eigenvalue weighted by Gasteiger charge is -2.07. The number of ether oxygens (including phenoxy) is 1. The van der Waals surface area contributed by atoms with Crippen LogP contribution in [0.2, 0.25) is 0 Å². The molecular formula is C26H22N8O3. The van der Waals surface area contributed by atoms with Gasteiger partial charge in [-0.1, -0.05) is 77.5 Å². The molecule has 5 aromatic rings. The van der Waals surface area contributed by atoms with Crippen molar-refractivity contribution < 1.29 is 14.2 Å². The molecule has 0 aliphatic heterocycles. The van der Waals surface area contributed by atoms with E-state index >= 15 is 0 Å². The van der Waals surface area contributed by atoms with E-state index in [9.17, 15) is 4.79 Å². The van der Waals surface area contributed by atoms with Gasteiger partial charge in [0.15, 0.2) is 5.69 Å². The molecule has 0 spiro atoms. The number of hydrazone groups is 1. The lowest BCUT2D eigenvalue weighted by atomic mass is 10.1. The van der Waals surface area contributed by atoms with Crippen molar-refractivity contribution in [1.82, 2.24) is 30.7 Å². The zero-order valence-electron chi connectivity index (χ0n) is 19.8. The van der Waals surface area contributed by atoms with Gasteiger partial charge in [-0.2, -0.15) is 9.78 Å². The van der Waals surface area contributed by atoms with E-state index in [2.05, 4.69) is 31.2 Å². The fraction of sp³-hybridized carbons (Fsp3) is 0.0769. The minimum Gasteiger partial charge on any atom is -0.489 e. The van der Waals surface area contributed by atoms with Gasteiger partial charge >= 0.3 is 0 Å². The number of amides is 1. The van der Waals surface area contributed by atoms with Gasteiger partial charge in [0.05, 0.1) is 6.21 Å². The summed E-state index contributed by atoms with van der Waals surface area (Å²) in [7, 11) is 0. The number of nitrogens with two attached hydrogens (primary N) is 1. The molecular weight excluding hydrogens is 472 g/mol. The van der Waals surface area contributed by atoms with Gasteiger partial charge in [-0.05, 0) is 40.5 Å². The van der Waals surface area contributed by atoms with Crippen LogP contribution in [0.15, 0.2) is 88.6 Å². The number of nitrogens with zero attached hydrogens (tertiary/aromatic N) is 6. The second-order valence-corrected chi connectivity index (χ2v) is 8.08. The van der Waals surface area contributed by atoms with Crippen LogP contribution < -0.4 is 15.9 Å². The number of aromatic nitrogens is 5.